The molecule has 2 aromatic rings. The van der Waals surface area contributed by atoms with E-state index in [0.29, 0.717) is 12.8 Å². The molecule has 0 aromatic heterocycles. The minimum Gasteiger partial charge on any atom is -0.462 e. The van der Waals surface area contributed by atoms with E-state index < -0.39 is 46.5 Å². The Kier molecular flexibility index (Phi) is 15.7. The van der Waals surface area contributed by atoms with Crippen LogP contribution in [0.3, 0.4) is 0 Å². The number of halogens is 6. The third-order valence-corrected chi connectivity index (χ3v) is 11.2. The SMILES string of the molecule is CCC(COC(=O)c1c(Cl)c(Cl)cc(Cl)c1OC(=O)C(=O)Oc1c(Cl)cc(Cl)c(Cl)c1C(=O)OCC(CC)C(C)(C)CC)C(C)(C)CC. The monoisotopic (exact) mass is 786 g/mol. The summed E-state index contributed by atoms with van der Waals surface area (Å²) < 4.78 is 21.5. The van der Waals surface area contributed by atoms with E-state index in [-0.39, 0.29) is 66.0 Å². The summed E-state index contributed by atoms with van der Waals surface area (Å²) in [5, 5.41) is -1.55. The van der Waals surface area contributed by atoms with Crippen molar-refractivity contribution in [1.82, 2.24) is 0 Å². The summed E-state index contributed by atoms with van der Waals surface area (Å²) >= 11 is 37.6. The second-order valence-corrected chi connectivity index (χ2v) is 15.0. The van der Waals surface area contributed by atoms with E-state index in [1.807, 2.05) is 27.7 Å². The largest absolute Gasteiger partial charge is 0.462 e. The first-order valence-electron chi connectivity index (χ1n) is 15.4. The van der Waals surface area contributed by atoms with Gasteiger partial charge in [0.15, 0.2) is 11.5 Å². The van der Waals surface area contributed by atoms with Crippen LogP contribution in [0.25, 0.3) is 0 Å². The van der Waals surface area contributed by atoms with Gasteiger partial charge >= 0.3 is 23.9 Å². The van der Waals surface area contributed by atoms with E-state index in [1.165, 1.54) is 0 Å². The van der Waals surface area contributed by atoms with Crippen molar-refractivity contribution in [3.63, 3.8) is 0 Å². The van der Waals surface area contributed by atoms with Gasteiger partial charge in [-0.15, -0.1) is 0 Å². The second kappa shape index (κ2) is 17.8. The van der Waals surface area contributed by atoms with Crippen LogP contribution in [0.2, 0.25) is 30.1 Å². The maximum Gasteiger partial charge on any atom is 0.423 e. The van der Waals surface area contributed by atoms with E-state index in [4.69, 9.17) is 88.6 Å². The van der Waals surface area contributed by atoms with Crippen molar-refractivity contribution in [3.05, 3.63) is 53.4 Å². The van der Waals surface area contributed by atoms with Crippen LogP contribution < -0.4 is 9.47 Å². The molecule has 0 aliphatic rings. The number of hydrogen-bond acceptors (Lipinski definition) is 8. The van der Waals surface area contributed by atoms with Gasteiger partial charge in [0, 0.05) is 0 Å². The molecule has 0 radical (unpaired) electrons. The van der Waals surface area contributed by atoms with Crippen molar-refractivity contribution in [2.45, 2.75) is 81.1 Å². The number of ether oxygens (including phenoxy) is 4. The van der Waals surface area contributed by atoms with Gasteiger partial charge in [0.25, 0.3) is 0 Å². The van der Waals surface area contributed by atoms with Gasteiger partial charge in [-0.1, -0.05) is 138 Å². The molecule has 48 heavy (non-hydrogen) atoms. The van der Waals surface area contributed by atoms with Gasteiger partial charge in [-0.05, 0) is 47.6 Å². The summed E-state index contributed by atoms with van der Waals surface area (Å²) in [6.07, 6.45) is 3.09. The Morgan fingerprint density at radius 1 is 0.583 bits per heavy atom. The quantitative estimate of drug-likeness (QED) is 0.0806. The summed E-state index contributed by atoms with van der Waals surface area (Å²) in [6, 6.07) is 2.25. The highest BCUT2D eigenvalue weighted by molar-refractivity contribution is 6.47. The smallest absolute Gasteiger partial charge is 0.423 e. The first kappa shape index (κ1) is 42.2. The topological polar surface area (TPSA) is 105 Å². The number of hydrogen-bond donors (Lipinski definition) is 0. The van der Waals surface area contributed by atoms with Crippen LogP contribution in [0, 0.1) is 22.7 Å². The van der Waals surface area contributed by atoms with Crippen molar-refractivity contribution < 1.29 is 38.1 Å². The van der Waals surface area contributed by atoms with Crippen LogP contribution >= 0.6 is 69.6 Å². The lowest BCUT2D eigenvalue weighted by Crippen LogP contribution is -2.29. The van der Waals surface area contributed by atoms with E-state index in [0.717, 1.165) is 25.0 Å². The zero-order valence-corrected chi connectivity index (χ0v) is 32.6. The van der Waals surface area contributed by atoms with Gasteiger partial charge in [0.1, 0.15) is 11.1 Å². The van der Waals surface area contributed by atoms with E-state index in [9.17, 15) is 19.2 Å². The second-order valence-electron chi connectivity index (χ2n) is 12.6. The molecule has 0 saturated carbocycles. The van der Waals surface area contributed by atoms with Crippen LogP contribution in [0.5, 0.6) is 11.5 Å². The lowest BCUT2D eigenvalue weighted by atomic mass is 9.76. The third kappa shape index (κ3) is 10.1. The van der Waals surface area contributed by atoms with Crippen molar-refractivity contribution in [1.29, 1.82) is 0 Å². The number of carbonyl (C=O) groups excluding carboxylic acids is 4. The zero-order chi connectivity index (χ0) is 36.7. The summed E-state index contributed by atoms with van der Waals surface area (Å²) in [4.78, 5) is 52.7. The highest BCUT2D eigenvalue weighted by Crippen LogP contribution is 2.42. The summed E-state index contributed by atoms with van der Waals surface area (Å²) in [5.74, 6) is -6.48. The van der Waals surface area contributed by atoms with Crippen molar-refractivity contribution in [2.24, 2.45) is 22.7 Å². The molecule has 0 heterocycles. The first-order valence-corrected chi connectivity index (χ1v) is 17.7. The average Bonchev–Trinajstić information content (AvgIpc) is 3.02. The van der Waals surface area contributed by atoms with E-state index in [2.05, 4.69) is 27.7 Å². The maximum absolute atomic E-state index is 13.3. The fraction of sp³-hybridized carbons (Fsp3) is 0.529. The molecule has 0 amide bonds. The molecule has 2 unspecified atom stereocenters. The molecule has 0 N–H and O–H groups in total. The number of rotatable bonds is 14. The van der Waals surface area contributed by atoms with Gasteiger partial charge in [0.2, 0.25) is 0 Å². The molecular formula is C34H40Cl6O8. The van der Waals surface area contributed by atoms with Crippen LogP contribution in [0.1, 0.15) is 102 Å². The van der Waals surface area contributed by atoms with E-state index >= 15 is 0 Å². The molecule has 0 saturated heterocycles. The Bertz CT molecular complexity index is 1420. The molecule has 266 valence electrons. The average molecular weight is 789 g/mol. The summed E-state index contributed by atoms with van der Waals surface area (Å²) in [6.45, 7) is 16.3. The predicted molar refractivity (Wildman–Crippen MR) is 190 cm³/mol. The van der Waals surface area contributed by atoms with Gasteiger partial charge in [0.05, 0.1) is 43.3 Å². The fourth-order valence-electron chi connectivity index (χ4n) is 4.86. The van der Waals surface area contributed by atoms with Crippen LogP contribution in [0.4, 0.5) is 0 Å². The normalized spacial score (nSPS) is 13.0. The third-order valence-electron chi connectivity index (χ3n) is 9.07. The fourth-order valence-corrected chi connectivity index (χ4v) is 6.29. The Balaban J connectivity index is 2.41. The van der Waals surface area contributed by atoms with Gasteiger partial charge in [-0.25, -0.2) is 19.2 Å². The Labute approximate surface area is 311 Å². The van der Waals surface area contributed by atoms with Crippen molar-refractivity contribution >= 4 is 93.5 Å². The van der Waals surface area contributed by atoms with Crippen LogP contribution in [0.15, 0.2) is 12.1 Å². The minimum atomic E-state index is -1.65. The summed E-state index contributed by atoms with van der Waals surface area (Å²) in [5.41, 5.74) is -1.25. The standard InChI is InChI=1S/C34H40Cl6O8/c1-9-17(33(5,6)11-3)15-45-29(41)23-25(39)19(35)13-21(37)27(23)47-31(43)32(44)48-28-22(38)14-20(36)26(40)24(28)30(42)46-16-18(10-2)34(7,8)12-4/h13-14,17-18H,9-12,15-16H2,1-8H3. The van der Waals surface area contributed by atoms with Gasteiger partial charge in [-0.3, -0.25) is 0 Å². The van der Waals surface area contributed by atoms with Gasteiger partial charge in [-0.2, -0.15) is 0 Å². The molecule has 0 fully saturated rings. The molecule has 0 bridgehead atoms. The Morgan fingerprint density at radius 2 is 0.896 bits per heavy atom. The van der Waals surface area contributed by atoms with Gasteiger partial charge < -0.3 is 18.9 Å². The number of esters is 4. The minimum absolute atomic E-state index is 0.0105. The molecule has 0 spiro atoms. The zero-order valence-electron chi connectivity index (χ0n) is 28.1. The predicted octanol–water partition coefficient (Wildman–Crippen LogP) is 11.4. The number of benzene rings is 2. The molecule has 14 heteroatoms. The first-order chi connectivity index (χ1) is 22.3. The molecular weight excluding hydrogens is 749 g/mol. The molecule has 0 aliphatic heterocycles. The maximum atomic E-state index is 13.3. The highest BCUT2D eigenvalue weighted by atomic mass is 35.5. The Morgan fingerprint density at radius 3 is 1.17 bits per heavy atom. The highest BCUT2D eigenvalue weighted by Gasteiger charge is 2.34. The molecule has 2 atom stereocenters. The van der Waals surface area contributed by atoms with E-state index in [1.54, 1.807) is 0 Å². The van der Waals surface area contributed by atoms with Crippen LogP contribution in [-0.4, -0.2) is 37.1 Å². The molecule has 0 aliphatic carbocycles. The molecule has 2 rings (SSSR count). The lowest BCUT2D eigenvalue weighted by molar-refractivity contribution is -0.156. The van der Waals surface area contributed by atoms with Crippen LogP contribution in [-0.2, 0) is 19.1 Å². The molecule has 8 nitrogen and oxygen atoms in total. The number of carbonyl (C=O) groups is 4. The molecule has 2 aromatic carbocycles. The lowest BCUT2D eigenvalue weighted by Gasteiger charge is -2.32. The van der Waals surface area contributed by atoms with Crippen molar-refractivity contribution in [3.8, 4) is 11.5 Å². The summed E-state index contributed by atoms with van der Waals surface area (Å²) in [7, 11) is 0. The Hall–Kier alpha value is -1.94. The van der Waals surface area contributed by atoms with Crippen molar-refractivity contribution in [2.75, 3.05) is 13.2 Å².